The number of aromatic carboxylic acids is 1. The van der Waals surface area contributed by atoms with Crippen molar-refractivity contribution in [1.29, 1.82) is 0 Å². The van der Waals surface area contributed by atoms with Crippen molar-refractivity contribution in [2.75, 3.05) is 11.9 Å². The number of hydrogen-bond acceptors (Lipinski definition) is 3. The Labute approximate surface area is 86.4 Å². The van der Waals surface area contributed by atoms with Gasteiger partial charge in [-0.1, -0.05) is 6.07 Å². The van der Waals surface area contributed by atoms with Crippen molar-refractivity contribution in [3.8, 4) is 0 Å². The molecule has 0 aliphatic rings. The molecule has 4 nitrogen and oxygen atoms in total. The number of hydrogen-bond donors (Lipinski definition) is 3. The summed E-state index contributed by atoms with van der Waals surface area (Å²) in [5.41, 5.74) is -0.235. The van der Waals surface area contributed by atoms with Crippen LogP contribution in [0.4, 0.5) is 10.1 Å². The van der Waals surface area contributed by atoms with Gasteiger partial charge in [0.1, 0.15) is 5.82 Å². The number of rotatable bonds is 4. The predicted molar refractivity (Wildman–Crippen MR) is 53.5 cm³/mol. The van der Waals surface area contributed by atoms with E-state index in [2.05, 4.69) is 5.32 Å². The molecule has 1 aromatic rings. The average molecular weight is 213 g/mol. The summed E-state index contributed by atoms with van der Waals surface area (Å²) in [6.45, 7) is 1.62. The summed E-state index contributed by atoms with van der Waals surface area (Å²) in [5, 5.41) is 20.3. The average Bonchev–Trinajstić information content (AvgIpc) is 2.15. The van der Waals surface area contributed by atoms with Gasteiger partial charge in [-0.2, -0.15) is 0 Å². The Kier molecular flexibility index (Phi) is 3.62. The molecule has 0 heterocycles. The minimum Gasteiger partial charge on any atom is -0.478 e. The normalized spacial score (nSPS) is 12.2. The van der Waals surface area contributed by atoms with Gasteiger partial charge in [-0.05, 0) is 19.1 Å². The van der Waals surface area contributed by atoms with Crippen molar-refractivity contribution < 1.29 is 19.4 Å². The quantitative estimate of drug-likeness (QED) is 0.705. The second-order valence-corrected chi connectivity index (χ2v) is 3.20. The fourth-order valence-corrected chi connectivity index (χ4v) is 1.13. The number of nitrogens with one attached hydrogen (secondary N) is 1. The Morgan fingerprint density at radius 2 is 2.27 bits per heavy atom. The van der Waals surface area contributed by atoms with E-state index in [1.165, 1.54) is 19.1 Å². The maximum atomic E-state index is 13.3. The van der Waals surface area contributed by atoms with Crippen LogP contribution in [0.3, 0.4) is 0 Å². The summed E-state index contributed by atoms with van der Waals surface area (Å²) < 4.78 is 13.3. The SMILES string of the molecule is CC(O)CNc1c(F)cccc1C(=O)O. The van der Waals surface area contributed by atoms with Gasteiger partial charge < -0.3 is 15.5 Å². The number of anilines is 1. The first-order valence-electron chi connectivity index (χ1n) is 4.46. The third kappa shape index (κ3) is 2.92. The van der Waals surface area contributed by atoms with Gasteiger partial charge in [0, 0.05) is 6.54 Å². The van der Waals surface area contributed by atoms with E-state index in [1.54, 1.807) is 0 Å². The van der Waals surface area contributed by atoms with Crippen LogP contribution in [-0.4, -0.2) is 28.8 Å². The summed E-state index contributed by atoms with van der Waals surface area (Å²) in [6, 6.07) is 3.79. The molecule has 0 aliphatic carbocycles. The molecular formula is C10H12FNO3. The van der Waals surface area contributed by atoms with Crippen LogP contribution in [0, 0.1) is 5.82 Å². The molecule has 1 aromatic carbocycles. The van der Waals surface area contributed by atoms with E-state index in [1.807, 2.05) is 0 Å². The molecule has 0 bridgehead atoms. The topological polar surface area (TPSA) is 69.6 Å². The van der Waals surface area contributed by atoms with Gasteiger partial charge >= 0.3 is 5.97 Å². The zero-order chi connectivity index (χ0) is 11.4. The van der Waals surface area contributed by atoms with E-state index in [4.69, 9.17) is 10.2 Å². The number of para-hydroxylation sites is 1. The highest BCUT2D eigenvalue weighted by Gasteiger charge is 2.13. The van der Waals surface area contributed by atoms with Gasteiger partial charge in [-0.25, -0.2) is 9.18 Å². The van der Waals surface area contributed by atoms with E-state index in [9.17, 15) is 9.18 Å². The molecule has 0 saturated carbocycles. The van der Waals surface area contributed by atoms with E-state index in [0.717, 1.165) is 6.07 Å². The molecule has 0 spiro atoms. The number of benzene rings is 1. The fourth-order valence-electron chi connectivity index (χ4n) is 1.13. The van der Waals surface area contributed by atoms with E-state index in [0.29, 0.717) is 0 Å². The Morgan fingerprint density at radius 1 is 1.60 bits per heavy atom. The molecule has 5 heteroatoms. The number of halogens is 1. The third-order valence-corrected chi connectivity index (χ3v) is 1.82. The summed E-state index contributed by atoms with van der Waals surface area (Å²) in [4.78, 5) is 10.7. The highest BCUT2D eigenvalue weighted by atomic mass is 19.1. The zero-order valence-electron chi connectivity index (χ0n) is 8.20. The van der Waals surface area contributed by atoms with Gasteiger partial charge in [0.05, 0.1) is 17.4 Å². The largest absolute Gasteiger partial charge is 0.478 e. The first-order chi connectivity index (χ1) is 7.02. The van der Waals surface area contributed by atoms with Crippen LogP contribution in [0.25, 0.3) is 0 Å². The van der Waals surface area contributed by atoms with Crippen molar-refractivity contribution in [1.82, 2.24) is 0 Å². The van der Waals surface area contributed by atoms with Crippen molar-refractivity contribution in [3.05, 3.63) is 29.6 Å². The number of carboxylic acid groups (broad SMARTS) is 1. The smallest absolute Gasteiger partial charge is 0.337 e. The number of aliphatic hydroxyl groups excluding tert-OH is 1. The maximum absolute atomic E-state index is 13.3. The van der Waals surface area contributed by atoms with Gasteiger partial charge in [0.15, 0.2) is 0 Å². The first-order valence-corrected chi connectivity index (χ1v) is 4.46. The summed E-state index contributed by atoms with van der Waals surface area (Å²) >= 11 is 0. The molecule has 1 unspecified atom stereocenters. The molecule has 1 atom stereocenters. The number of aliphatic hydroxyl groups is 1. The van der Waals surface area contributed by atoms with Crippen LogP contribution in [-0.2, 0) is 0 Å². The Morgan fingerprint density at radius 3 is 2.80 bits per heavy atom. The van der Waals surface area contributed by atoms with E-state index in [-0.39, 0.29) is 17.8 Å². The summed E-state index contributed by atoms with van der Waals surface area (Å²) in [6.07, 6.45) is -0.675. The third-order valence-electron chi connectivity index (χ3n) is 1.82. The standard InChI is InChI=1S/C10H12FNO3/c1-6(13)5-12-9-7(10(14)15)3-2-4-8(9)11/h2-4,6,12-13H,5H2,1H3,(H,14,15). The summed E-state index contributed by atoms with van der Waals surface area (Å²) in [7, 11) is 0. The van der Waals surface area contributed by atoms with Crippen LogP contribution < -0.4 is 5.32 Å². The number of carbonyl (C=O) groups is 1. The molecule has 1 rings (SSSR count). The Hall–Kier alpha value is -1.62. The lowest BCUT2D eigenvalue weighted by atomic mass is 10.1. The van der Waals surface area contributed by atoms with Gasteiger partial charge in [-0.3, -0.25) is 0 Å². The molecule has 0 radical (unpaired) electrons. The highest BCUT2D eigenvalue weighted by molar-refractivity contribution is 5.94. The van der Waals surface area contributed by atoms with E-state index < -0.39 is 17.9 Å². The second kappa shape index (κ2) is 4.75. The minimum absolute atomic E-state index is 0.0918. The van der Waals surface area contributed by atoms with Crippen LogP contribution in [0.5, 0.6) is 0 Å². The molecule has 15 heavy (non-hydrogen) atoms. The molecule has 82 valence electrons. The molecule has 0 aromatic heterocycles. The van der Waals surface area contributed by atoms with Crippen molar-refractivity contribution in [2.45, 2.75) is 13.0 Å². The molecule has 0 saturated heterocycles. The van der Waals surface area contributed by atoms with Crippen LogP contribution in [0.15, 0.2) is 18.2 Å². The minimum atomic E-state index is -1.21. The first kappa shape index (κ1) is 11.5. The zero-order valence-corrected chi connectivity index (χ0v) is 8.20. The van der Waals surface area contributed by atoms with Gasteiger partial charge in [-0.15, -0.1) is 0 Å². The van der Waals surface area contributed by atoms with Crippen molar-refractivity contribution >= 4 is 11.7 Å². The predicted octanol–water partition coefficient (Wildman–Crippen LogP) is 1.32. The lowest BCUT2D eigenvalue weighted by Gasteiger charge is -2.11. The Bertz CT molecular complexity index is 366. The fraction of sp³-hybridized carbons (Fsp3) is 0.300. The van der Waals surface area contributed by atoms with E-state index >= 15 is 0 Å². The lowest BCUT2D eigenvalue weighted by Crippen LogP contribution is -2.18. The second-order valence-electron chi connectivity index (χ2n) is 3.20. The number of carboxylic acids is 1. The Balaban J connectivity index is 2.97. The van der Waals surface area contributed by atoms with Crippen LogP contribution in [0.1, 0.15) is 17.3 Å². The van der Waals surface area contributed by atoms with Crippen LogP contribution >= 0.6 is 0 Å². The molecular weight excluding hydrogens is 201 g/mol. The molecule has 3 N–H and O–H groups in total. The molecule has 0 fully saturated rings. The monoisotopic (exact) mass is 213 g/mol. The summed E-state index contributed by atoms with van der Waals surface area (Å²) in [5.74, 6) is -1.85. The van der Waals surface area contributed by atoms with Gasteiger partial charge in [0.25, 0.3) is 0 Å². The van der Waals surface area contributed by atoms with Crippen LogP contribution in [0.2, 0.25) is 0 Å². The molecule has 0 amide bonds. The maximum Gasteiger partial charge on any atom is 0.337 e. The molecule has 0 aliphatic heterocycles. The lowest BCUT2D eigenvalue weighted by molar-refractivity contribution is 0.0697. The highest BCUT2D eigenvalue weighted by Crippen LogP contribution is 2.19. The van der Waals surface area contributed by atoms with Crippen molar-refractivity contribution in [2.24, 2.45) is 0 Å². The van der Waals surface area contributed by atoms with Crippen molar-refractivity contribution in [3.63, 3.8) is 0 Å². The van der Waals surface area contributed by atoms with Gasteiger partial charge in [0.2, 0.25) is 0 Å².